The molecule has 1 fully saturated rings. The van der Waals surface area contributed by atoms with E-state index in [1.807, 2.05) is 0 Å². The van der Waals surface area contributed by atoms with Gasteiger partial charge in [0, 0.05) is 0 Å². The second kappa shape index (κ2) is 4.01. The van der Waals surface area contributed by atoms with Gasteiger partial charge >= 0.3 is 5.97 Å². The number of carbonyl (C=O) groups is 1. The van der Waals surface area contributed by atoms with E-state index >= 15 is 0 Å². The highest BCUT2D eigenvalue weighted by atomic mass is 19.1. The molecule has 0 saturated heterocycles. The molecule has 1 aromatic carbocycles. The van der Waals surface area contributed by atoms with Crippen LogP contribution in [0.4, 0.5) is 4.39 Å². The first-order valence-corrected chi connectivity index (χ1v) is 5.03. The lowest BCUT2D eigenvalue weighted by Crippen LogP contribution is -2.03. The number of carbonyl (C=O) groups excluding carboxylic acids is 1. The maximum absolute atomic E-state index is 12.7. The van der Waals surface area contributed by atoms with Crippen LogP contribution in [0.1, 0.15) is 40.2 Å². The molecule has 0 unspecified atom stereocenters. The molecule has 0 radical (unpaired) electrons. The van der Waals surface area contributed by atoms with Crippen LogP contribution >= 0.6 is 0 Å². The van der Waals surface area contributed by atoms with Crippen LogP contribution in [0.5, 0.6) is 0 Å². The molecule has 2 nitrogen and oxygen atoms in total. The summed E-state index contributed by atoms with van der Waals surface area (Å²) < 4.78 is 17.3. The Morgan fingerprint density at radius 2 is 2.27 bits per heavy atom. The summed E-state index contributed by atoms with van der Waals surface area (Å²) in [6.45, 7) is -0.465. The number of esters is 1. The zero-order valence-electron chi connectivity index (χ0n) is 8.63. The van der Waals surface area contributed by atoms with Crippen LogP contribution in [-0.4, -0.2) is 13.1 Å². The molecule has 1 aromatic rings. The van der Waals surface area contributed by atoms with Crippen molar-refractivity contribution in [1.82, 2.24) is 0 Å². The smallest absolute Gasteiger partial charge is 0.337 e. The summed E-state index contributed by atoms with van der Waals surface area (Å²) in [5.74, 6) is 0.0858. The Kier molecular flexibility index (Phi) is 2.71. The summed E-state index contributed by atoms with van der Waals surface area (Å²) in [5, 5.41) is 0. The van der Waals surface area contributed by atoms with Crippen LogP contribution in [0.3, 0.4) is 0 Å². The summed E-state index contributed by atoms with van der Waals surface area (Å²) in [4.78, 5) is 11.3. The molecule has 0 aliphatic heterocycles. The molecular weight excluding hydrogens is 195 g/mol. The summed E-state index contributed by atoms with van der Waals surface area (Å²) in [7, 11) is 1.35. The normalized spacial score (nSPS) is 15.1. The van der Waals surface area contributed by atoms with Crippen molar-refractivity contribution < 1.29 is 13.9 Å². The number of rotatable bonds is 3. The zero-order valence-corrected chi connectivity index (χ0v) is 8.63. The molecule has 0 atom stereocenters. The van der Waals surface area contributed by atoms with E-state index in [9.17, 15) is 9.18 Å². The molecule has 2 rings (SSSR count). The van der Waals surface area contributed by atoms with E-state index in [1.54, 1.807) is 18.2 Å². The third kappa shape index (κ3) is 2.01. The van der Waals surface area contributed by atoms with Gasteiger partial charge in [-0.3, -0.25) is 0 Å². The van der Waals surface area contributed by atoms with Crippen LogP contribution in [0.15, 0.2) is 18.2 Å². The van der Waals surface area contributed by atoms with Gasteiger partial charge in [0.25, 0.3) is 0 Å². The fourth-order valence-electron chi connectivity index (χ4n) is 1.74. The van der Waals surface area contributed by atoms with Crippen molar-refractivity contribution in [2.45, 2.75) is 25.4 Å². The molecule has 0 N–H and O–H groups in total. The van der Waals surface area contributed by atoms with Crippen molar-refractivity contribution >= 4 is 5.97 Å². The van der Waals surface area contributed by atoms with E-state index in [0.29, 0.717) is 17.0 Å². The fraction of sp³-hybridized carbons (Fsp3) is 0.417. The average molecular weight is 208 g/mol. The lowest BCUT2D eigenvalue weighted by Gasteiger charge is -2.07. The minimum absolute atomic E-state index is 0.359. The van der Waals surface area contributed by atoms with Gasteiger partial charge in [0.05, 0.1) is 12.7 Å². The fourth-order valence-corrected chi connectivity index (χ4v) is 1.74. The van der Waals surface area contributed by atoms with Crippen LogP contribution < -0.4 is 0 Å². The quantitative estimate of drug-likeness (QED) is 0.714. The number of halogens is 1. The Morgan fingerprint density at radius 1 is 1.53 bits per heavy atom. The van der Waals surface area contributed by atoms with Crippen LogP contribution in [0, 0.1) is 0 Å². The Hall–Kier alpha value is -1.38. The topological polar surface area (TPSA) is 26.3 Å². The molecule has 0 spiro atoms. The van der Waals surface area contributed by atoms with E-state index in [0.717, 1.165) is 18.4 Å². The van der Waals surface area contributed by atoms with Gasteiger partial charge in [-0.2, -0.15) is 0 Å². The third-order valence-electron chi connectivity index (χ3n) is 2.73. The summed E-state index contributed by atoms with van der Waals surface area (Å²) in [6, 6.07) is 5.06. The van der Waals surface area contributed by atoms with E-state index in [1.165, 1.54) is 7.11 Å². The van der Waals surface area contributed by atoms with Crippen molar-refractivity contribution in [3.05, 3.63) is 34.9 Å². The molecule has 1 aliphatic rings. The van der Waals surface area contributed by atoms with Crippen LogP contribution in [0.2, 0.25) is 0 Å². The maximum atomic E-state index is 12.7. The Balaban J connectivity index is 2.36. The molecule has 0 bridgehead atoms. The Morgan fingerprint density at radius 3 is 2.80 bits per heavy atom. The number of benzene rings is 1. The van der Waals surface area contributed by atoms with Crippen molar-refractivity contribution in [2.75, 3.05) is 7.11 Å². The first kappa shape index (κ1) is 10.1. The largest absolute Gasteiger partial charge is 0.465 e. The molecule has 0 aromatic heterocycles. The van der Waals surface area contributed by atoms with Crippen LogP contribution in [0.25, 0.3) is 0 Å². The number of alkyl halides is 1. The van der Waals surface area contributed by atoms with E-state index < -0.39 is 6.67 Å². The molecule has 3 heteroatoms. The maximum Gasteiger partial charge on any atom is 0.337 e. The predicted molar refractivity (Wildman–Crippen MR) is 54.6 cm³/mol. The summed E-state index contributed by atoms with van der Waals surface area (Å²) >= 11 is 0. The lowest BCUT2D eigenvalue weighted by atomic mass is 10.0. The average Bonchev–Trinajstić information content (AvgIpc) is 3.11. The minimum atomic E-state index is -0.465. The molecule has 15 heavy (non-hydrogen) atoms. The summed E-state index contributed by atoms with van der Waals surface area (Å²) in [5.41, 5.74) is 2.18. The Bertz CT molecular complexity index is 383. The second-order valence-electron chi connectivity index (χ2n) is 3.81. The number of hydrogen-bond donors (Lipinski definition) is 0. The summed E-state index contributed by atoms with van der Waals surface area (Å²) in [6.07, 6.45) is 2.19. The zero-order chi connectivity index (χ0) is 10.8. The van der Waals surface area contributed by atoms with Gasteiger partial charge in [0.2, 0.25) is 0 Å². The molecule has 0 heterocycles. The Labute approximate surface area is 88.1 Å². The van der Waals surface area contributed by atoms with Crippen molar-refractivity contribution in [3.8, 4) is 0 Å². The van der Waals surface area contributed by atoms with Gasteiger partial charge < -0.3 is 4.74 Å². The van der Waals surface area contributed by atoms with E-state index in [-0.39, 0.29) is 5.97 Å². The molecule has 1 aliphatic carbocycles. The van der Waals surface area contributed by atoms with Gasteiger partial charge in [-0.05, 0) is 42.0 Å². The number of hydrogen-bond acceptors (Lipinski definition) is 2. The molecule has 80 valence electrons. The van der Waals surface area contributed by atoms with E-state index in [4.69, 9.17) is 0 Å². The standard InChI is InChI=1S/C12H13FO2/c1-15-12(14)9-4-5-10(7-13)11(6-9)8-2-3-8/h4-6,8H,2-3,7H2,1H3. The van der Waals surface area contributed by atoms with Gasteiger partial charge in [0.1, 0.15) is 6.67 Å². The van der Waals surface area contributed by atoms with Crippen molar-refractivity contribution in [2.24, 2.45) is 0 Å². The third-order valence-corrected chi connectivity index (χ3v) is 2.73. The minimum Gasteiger partial charge on any atom is -0.465 e. The van der Waals surface area contributed by atoms with Gasteiger partial charge in [-0.15, -0.1) is 0 Å². The van der Waals surface area contributed by atoms with Gasteiger partial charge in [-0.1, -0.05) is 6.07 Å². The molecule has 0 amide bonds. The van der Waals surface area contributed by atoms with Crippen LogP contribution in [-0.2, 0) is 11.4 Å². The highest BCUT2D eigenvalue weighted by molar-refractivity contribution is 5.89. The lowest BCUT2D eigenvalue weighted by molar-refractivity contribution is 0.0600. The number of methoxy groups -OCH3 is 1. The van der Waals surface area contributed by atoms with E-state index in [2.05, 4.69) is 4.74 Å². The monoisotopic (exact) mass is 208 g/mol. The molecular formula is C12H13FO2. The first-order valence-electron chi connectivity index (χ1n) is 5.03. The van der Waals surface area contributed by atoms with Crippen molar-refractivity contribution in [1.29, 1.82) is 0 Å². The van der Waals surface area contributed by atoms with Crippen molar-refractivity contribution in [3.63, 3.8) is 0 Å². The number of ether oxygens (including phenoxy) is 1. The molecule has 1 saturated carbocycles. The predicted octanol–water partition coefficient (Wildman–Crippen LogP) is 2.82. The van der Waals surface area contributed by atoms with Gasteiger partial charge in [-0.25, -0.2) is 9.18 Å². The van der Waals surface area contributed by atoms with Gasteiger partial charge in [0.15, 0.2) is 0 Å². The SMILES string of the molecule is COC(=O)c1ccc(CF)c(C2CC2)c1. The highest BCUT2D eigenvalue weighted by Gasteiger charge is 2.26. The first-order chi connectivity index (χ1) is 7.26. The second-order valence-corrected chi connectivity index (χ2v) is 3.81. The highest BCUT2D eigenvalue weighted by Crippen LogP contribution is 2.42.